The molecule has 2 N–H and O–H groups in total. The SMILES string of the molecule is O=C(CSc1nc2ccccc2[nH]1)Nc1nc(-c2ccc(F)c(F)c2)cs1. The van der Waals surface area contributed by atoms with E-state index >= 15 is 0 Å². The van der Waals surface area contributed by atoms with Gasteiger partial charge in [0.25, 0.3) is 0 Å². The van der Waals surface area contributed by atoms with Crippen molar-refractivity contribution in [2.24, 2.45) is 0 Å². The lowest BCUT2D eigenvalue weighted by molar-refractivity contribution is -0.113. The van der Waals surface area contributed by atoms with Gasteiger partial charge in [0.15, 0.2) is 21.9 Å². The molecule has 9 heteroatoms. The second-order valence-electron chi connectivity index (χ2n) is 5.56. The number of para-hydroxylation sites is 2. The number of fused-ring (bicyclic) bond motifs is 1. The van der Waals surface area contributed by atoms with Crippen molar-refractivity contribution < 1.29 is 13.6 Å². The average Bonchev–Trinajstić information content (AvgIpc) is 3.28. The Morgan fingerprint density at radius 3 is 2.81 bits per heavy atom. The van der Waals surface area contributed by atoms with Crippen LogP contribution in [0.15, 0.2) is 53.0 Å². The molecule has 27 heavy (non-hydrogen) atoms. The minimum Gasteiger partial charge on any atom is -0.333 e. The van der Waals surface area contributed by atoms with E-state index in [1.54, 1.807) is 5.38 Å². The lowest BCUT2D eigenvalue weighted by Crippen LogP contribution is -2.13. The predicted molar refractivity (Wildman–Crippen MR) is 103 cm³/mol. The monoisotopic (exact) mass is 402 g/mol. The molecule has 5 nitrogen and oxygen atoms in total. The maximum absolute atomic E-state index is 13.3. The lowest BCUT2D eigenvalue weighted by Gasteiger charge is -2.00. The number of anilines is 1. The topological polar surface area (TPSA) is 70.7 Å². The van der Waals surface area contributed by atoms with Crippen LogP contribution in [0.2, 0.25) is 0 Å². The Labute approximate surface area is 160 Å². The number of aromatic nitrogens is 3. The molecule has 0 aliphatic carbocycles. The third-order valence-electron chi connectivity index (χ3n) is 3.67. The van der Waals surface area contributed by atoms with Crippen molar-refractivity contribution in [3.63, 3.8) is 0 Å². The summed E-state index contributed by atoms with van der Waals surface area (Å²) in [5.74, 6) is -1.91. The van der Waals surface area contributed by atoms with Gasteiger partial charge in [-0.25, -0.2) is 18.7 Å². The Morgan fingerprint density at radius 2 is 2.00 bits per heavy atom. The smallest absolute Gasteiger partial charge is 0.236 e. The van der Waals surface area contributed by atoms with Crippen LogP contribution in [0.3, 0.4) is 0 Å². The van der Waals surface area contributed by atoms with E-state index in [0.717, 1.165) is 23.2 Å². The zero-order valence-corrected chi connectivity index (χ0v) is 15.3. The molecule has 2 heterocycles. The highest BCUT2D eigenvalue weighted by molar-refractivity contribution is 7.99. The number of H-pyrrole nitrogens is 1. The first-order valence-corrected chi connectivity index (χ1v) is 9.73. The summed E-state index contributed by atoms with van der Waals surface area (Å²) in [6.45, 7) is 0. The number of nitrogens with zero attached hydrogens (tertiary/aromatic N) is 2. The van der Waals surface area contributed by atoms with E-state index < -0.39 is 11.6 Å². The first-order chi connectivity index (χ1) is 13.1. The fourth-order valence-corrected chi connectivity index (χ4v) is 3.83. The second-order valence-corrected chi connectivity index (χ2v) is 7.38. The van der Waals surface area contributed by atoms with E-state index in [1.165, 1.54) is 29.2 Å². The van der Waals surface area contributed by atoms with Gasteiger partial charge >= 0.3 is 0 Å². The van der Waals surface area contributed by atoms with Crippen LogP contribution in [0.4, 0.5) is 13.9 Å². The van der Waals surface area contributed by atoms with Gasteiger partial charge in [-0.15, -0.1) is 11.3 Å². The van der Waals surface area contributed by atoms with Gasteiger partial charge in [-0.3, -0.25) is 4.79 Å². The van der Waals surface area contributed by atoms with Crippen molar-refractivity contribution in [3.8, 4) is 11.3 Å². The molecule has 0 bridgehead atoms. The summed E-state index contributed by atoms with van der Waals surface area (Å²) in [4.78, 5) is 23.9. The molecule has 0 aliphatic heterocycles. The summed E-state index contributed by atoms with van der Waals surface area (Å²) < 4.78 is 26.4. The molecular formula is C18H12F2N4OS2. The Hall–Kier alpha value is -2.78. The van der Waals surface area contributed by atoms with E-state index in [2.05, 4.69) is 20.3 Å². The van der Waals surface area contributed by atoms with Crippen molar-refractivity contribution >= 4 is 45.2 Å². The number of amides is 1. The number of halogens is 2. The number of carbonyl (C=O) groups is 1. The summed E-state index contributed by atoms with van der Waals surface area (Å²) in [7, 11) is 0. The lowest BCUT2D eigenvalue weighted by atomic mass is 10.2. The Kier molecular flexibility index (Phi) is 4.87. The molecule has 0 unspecified atom stereocenters. The number of imidazole rings is 1. The van der Waals surface area contributed by atoms with Gasteiger partial charge in [0.1, 0.15) is 0 Å². The summed E-state index contributed by atoms with van der Waals surface area (Å²) in [6, 6.07) is 11.2. The van der Waals surface area contributed by atoms with Crippen LogP contribution >= 0.6 is 23.1 Å². The van der Waals surface area contributed by atoms with Gasteiger partial charge in [-0.1, -0.05) is 23.9 Å². The first kappa shape index (κ1) is 17.6. The van der Waals surface area contributed by atoms with E-state index in [4.69, 9.17) is 0 Å². The molecule has 4 rings (SSSR count). The van der Waals surface area contributed by atoms with Gasteiger partial charge in [0, 0.05) is 10.9 Å². The van der Waals surface area contributed by atoms with Gasteiger partial charge in [-0.05, 0) is 30.3 Å². The number of hydrogen-bond donors (Lipinski definition) is 2. The first-order valence-electron chi connectivity index (χ1n) is 7.87. The standard InChI is InChI=1S/C18H12F2N4OS2/c19-11-6-5-10(7-12(11)20)15-8-26-18(23-15)24-16(25)9-27-17-21-13-3-1-2-4-14(13)22-17/h1-8H,9H2,(H,21,22)(H,23,24,25). The predicted octanol–water partition coefficient (Wildman–Crippen LogP) is 4.70. The van der Waals surface area contributed by atoms with Crippen LogP contribution in [0.1, 0.15) is 0 Å². The van der Waals surface area contributed by atoms with E-state index in [0.29, 0.717) is 21.5 Å². The molecule has 2 aromatic carbocycles. The van der Waals surface area contributed by atoms with E-state index in [9.17, 15) is 13.6 Å². The van der Waals surface area contributed by atoms with Crippen LogP contribution in [0.5, 0.6) is 0 Å². The fourth-order valence-electron chi connectivity index (χ4n) is 2.41. The molecule has 0 aliphatic rings. The highest BCUT2D eigenvalue weighted by Crippen LogP contribution is 2.26. The van der Waals surface area contributed by atoms with Crippen molar-refractivity contribution in [1.82, 2.24) is 15.0 Å². The van der Waals surface area contributed by atoms with E-state index in [-0.39, 0.29) is 11.7 Å². The number of thioether (sulfide) groups is 1. The number of rotatable bonds is 5. The Morgan fingerprint density at radius 1 is 1.15 bits per heavy atom. The summed E-state index contributed by atoms with van der Waals surface area (Å²) >= 11 is 2.50. The third-order valence-corrected chi connectivity index (χ3v) is 5.30. The number of hydrogen-bond acceptors (Lipinski definition) is 5. The zero-order chi connectivity index (χ0) is 18.8. The number of benzene rings is 2. The average molecular weight is 402 g/mol. The number of carbonyl (C=O) groups excluding carboxylic acids is 1. The maximum Gasteiger partial charge on any atom is 0.236 e. The molecule has 0 atom stereocenters. The highest BCUT2D eigenvalue weighted by Gasteiger charge is 2.11. The van der Waals surface area contributed by atoms with Crippen molar-refractivity contribution in [2.75, 3.05) is 11.1 Å². The molecule has 0 fully saturated rings. The van der Waals surface area contributed by atoms with Crippen LogP contribution < -0.4 is 5.32 Å². The second kappa shape index (κ2) is 7.45. The minimum absolute atomic E-state index is 0.167. The van der Waals surface area contributed by atoms with Crippen molar-refractivity contribution in [1.29, 1.82) is 0 Å². The molecule has 4 aromatic rings. The van der Waals surface area contributed by atoms with Gasteiger partial charge in [0.05, 0.1) is 22.5 Å². The molecule has 1 amide bonds. The quantitative estimate of drug-likeness (QED) is 0.475. The van der Waals surface area contributed by atoms with Gasteiger partial charge in [0.2, 0.25) is 5.91 Å². The molecule has 0 saturated heterocycles. The molecular weight excluding hydrogens is 390 g/mol. The van der Waals surface area contributed by atoms with Crippen LogP contribution in [-0.4, -0.2) is 26.6 Å². The number of thiazole rings is 1. The maximum atomic E-state index is 13.3. The van der Waals surface area contributed by atoms with Crippen LogP contribution in [0, 0.1) is 11.6 Å². The Balaban J connectivity index is 1.38. The van der Waals surface area contributed by atoms with Gasteiger partial charge < -0.3 is 10.3 Å². The van der Waals surface area contributed by atoms with E-state index in [1.807, 2.05) is 24.3 Å². The molecule has 0 spiro atoms. The zero-order valence-electron chi connectivity index (χ0n) is 13.7. The highest BCUT2D eigenvalue weighted by atomic mass is 32.2. The van der Waals surface area contributed by atoms with Crippen molar-refractivity contribution in [3.05, 3.63) is 59.5 Å². The summed E-state index contributed by atoms with van der Waals surface area (Å²) in [5.41, 5.74) is 2.68. The normalized spacial score (nSPS) is 11.0. The number of aromatic amines is 1. The molecule has 0 radical (unpaired) electrons. The van der Waals surface area contributed by atoms with Gasteiger partial charge in [-0.2, -0.15) is 0 Å². The molecule has 0 saturated carbocycles. The Bertz CT molecular complexity index is 1090. The van der Waals surface area contributed by atoms with Crippen molar-refractivity contribution in [2.45, 2.75) is 5.16 Å². The largest absolute Gasteiger partial charge is 0.333 e. The fraction of sp³-hybridized carbons (Fsp3) is 0.0556. The van der Waals surface area contributed by atoms with Crippen LogP contribution in [-0.2, 0) is 4.79 Å². The summed E-state index contributed by atoms with van der Waals surface area (Å²) in [5, 5.41) is 5.43. The third kappa shape index (κ3) is 3.99. The summed E-state index contributed by atoms with van der Waals surface area (Å²) in [6.07, 6.45) is 0. The molecule has 2 aromatic heterocycles. The molecule has 136 valence electrons. The minimum atomic E-state index is -0.937. The van der Waals surface area contributed by atoms with Crippen LogP contribution in [0.25, 0.3) is 22.3 Å². The number of nitrogens with one attached hydrogen (secondary N) is 2.